The molecule has 0 aliphatic carbocycles. The number of carbonyl (C=O) groups is 2. The largest absolute Gasteiger partial charge is 0.397 e. The molecular formula is C19H23F3N4O2. The molecule has 0 bridgehead atoms. The number of halogens is 3. The first kappa shape index (κ1) is 21.7. The van der Waals surface area contributed by atoms with Gasteiger partial charge in [-0.15, -0.1) is 0 Å². The van der Waals surface area contributed by atoms with Gasteiger partial charge in [0.05, 0.1) is 18.5 Å². The number of amides is 2. The summed E-state index contributed by atoms with van der Waals surface area (Å²) in [5.41, 5.74) is 0.689. The zero-order valence-corrected chi connectivity index (χ0v) is 15.7. The van der Waals surface area contributed by atoms with Crippen LogP contribution >= 0.6 is 0 Å². The van der Waals surface area contributed by atoms with Crippen molar-refractivity contribution in [3.05, 3.63) is 30.3 Å². The molecule has 1 saturated heterocycles. The second kappa shape index (κ2) is 9.55. The lowest BCUT2D eigenvalue weighted by molar-refractivity contribution is -0.162. The topological polar surface area (TPSA) is 67.7 Å². The van der Waals surface area contributed by atoms with Crippen LogP contribution in [0.25, 0.3) is 0 Å². The van der Waals surface area contributed by atoms with Crippen molar-refractivity contribution in [3.8, 4) is 6.07 Å². The number of benzene rings is 1. The summed E-state index contributed by atoms with van der Waals surface area (Å²) in [5, 5.41) is 8.88. The summed E-state index contributed by atoms with van der Waals surface area (Å²) in [7, 11) is 0. The van der Waals surface area contributed by atoms with Gasteiger partial charge in [-0.2, -0.15) is 18.4 Å². The fourth-order valence-electron chi connectivity index (χ4n) is 3.16. The third-order valence-electron chi connectivity index (χ3n) is 4.70. The van der Waals surface area contributed by atoms with Gasteiger partial charge in [0.1, 0.15) is 6.42 Å². The number of carbonyl (C=O) groups excluding carboxylic acids is 2. The quantitative estimate of drug-likeness (QED) is 0.741. The third kappa shape index (κ3) is 5.96. The van der Waals surface area contributed by atoms with Crippen molar-refractivity contribution in [1.29, 1.82) is 5.26 Å². The zero-order valence-electron chi connectivity index (χ0n) is 15.7. The number of para-hydroxylation sites is 1. The number of nitriles is 1. The Hall–Kier alpha value is -2.60. The molecule has 1 heterocycles. The van der Waals surface area contributed by atoms with Crippen LogP contribution in [0.15, 0.2) is 30.3 Å². The maximum atomic E-state index is 13.0. The minimum absolute atomic E-state index is 0.149. The van der Waals surface area contributed by atoms with Crippen LogP contribution in [0.5, 0.6) is 0 Å². The van der Waals surface area contributed by atoms with E-state index in [-0.39, 0.29) is 32.0 Å². The third-order valence-corrected chi connectivity index (χ3v) is 4.70. The van der Waals surface area contributed by atoms with E-state index in [4.69, 9.17) is 5.26 Å². The second-order valence-electron chi connectivity index (χ2n) is 6.62. The van der Waals surface area contributed by atoms with Crippen LogP contribution in [0, 0.1) is 11.3 Å². The second-order valence-corrected chi connectivity index (χ2v) is 6.62. The Bertz CT molecular complexity index is 710. The average molecular weight is 396 g/mol. The SMILES string of the molecule is CC(C(=O)N(CCC#N)c1ccccc1)N1CCN(C(=O)CC(F)(F)F)CC1. The Morgan fingerprint density at radius 3 is 2.32 bits per heavy atom. The van der Waals surface area contributed by atoms with E-state index in [1.807, 2.05) is 17.0 Å². The zero-order chi connectivity index (χ0) is 20.7. The summed E-state index contributed by atoms with van der Waals surface area (Å²) in [4.78, 5) is 29.3. The van der Waals surface area contributed by atoms with E-state index in [2.05, 4.69) is 0 Å². The molecule has 2 amide bonds. The highest BCUT2D eigenvalue weighted by molar-refractivity contribution is 5.97. The number of hydrogen-bond donors (Lipinski definition) is 0. The minimum Gasteiger partial charge on any atom is -0.340 e. The van der Waals surface area contributed by atoms with Crippen molar-refractivity contribution in [2.75, 3.05) is 37.6 Å². The van der Waals surface area contributed by atoms with Gasteiger partial charge in [-0.3, -0.25) is 14.5 Å². The summed E-state index contributed by atoms with van der Waals surface area (Å²) in [6.07, 6.45) is -5.79. The fourth-order valence-corrected chi connectivity index (χ4v) is 3.16. The number of hydrogen-bond acceptors (Lipinski definition) is 4. The van der Waals surface area contributed by atoms with Crippen molar-refractivity contribution >= 4 is 17.5 Å². The molecule has 1 atom stereocenters. The van der Waals surface area contributed by atoms with E-state index in [0.29, 0.717) is 18.8 Å². The normalized spacial score (nSPS) is 16.3. The Morgan fingerprint density at radius 1 is 1.18 bits per heavy atom. The standard InChI is InChI=1S/C19H23F3N4O2/c1-15(18(28)26(9-5-8-23)16-6-3-2-4-7-16)24-10-12-25(13-11-24)17(27)14-19(20,21)22/h2-4,6-7,15H,5,9-14H2,1H3. The Morgan fingerprint density at radius 2 is 1.79 bits per heavy atom. The van der Waals surface area contributed by atoms with E-state index in [0.717, 1.165) is 0 Å². The molecule has 0 saturated carbocycles. The van der Waals surface area contributed by atoms with Gasteiger partial charge in [0.25, 0.3) is 0 Å². The molecule has 0 aromatic heterocycles. The fraction of sp³-hybridized carbons (Fsp3) is 0.526. The number of alkyl halides is 3. The molecule has 1 aliphatic heterocycles. The molecular weight excluding hydrogens is 373 g/mol. The summed E-state index contributed by atoms with van der Waals surface area (Å²) in [6.45, 7) is 2.92. The van der Waals surface area contributed by atoms with Crippen molar-refractivity contribution in [2.24, 2.45) is 0 Å². The molecule has 1 aromatic rings. The highest BCUT2D eigenvalue weighted by Gasteiger charge is 2.36. The first-order valence-corrected chi connectivity index (χ1v) is 9.05. The van der Waals surface area contributed by atoms with E-state index in [1.165, 1.54) is 4.90 Å². The van der Waals surface area contributed by atoms with Crippen LogP contribution in [0.2, 0.25) is 0 Å². The lowest BCUT2D eigenvalue weighted by Crippen LogP contribution is -2.56. The molecule has 1 aromatic carbocycles. The first-order valence-electron chi connectivity index (χ1n) is 9.05. The Labute approximate surface area is 162 Å². The lowest BCUT2D eigenvalue weighted by atomic mass is 10.1. The molecule has 152 valence electrons. The molecule has 6 nitrogen and oxygen atoms in total. The predicted molar refractivity (Wildman–Crippen MR) is 97.3 cm³/mol. The maximum absolute atomic E-state index is 13.0. The lowest BCUT2D eigenvalue weighted by Gasteiger charge is -2.39. The van der Waals surface area contributed by atoms with Crippen LogP contribution in [-0.2, 0) is 9.59 Å². The van der Waals surface area contributed by atoms with Crippen LogP contribution in [-0.4, -0.2) is 66.6 Å². The van der Waals surface area contributed by atoms with Crippen molar-refractivity contribution in [3.63, 3.8) is 0 Å². The molecule has 2 rings (SSSR count). The van der Waals surface area contributed by atoms with E-state index >= 15 is 0 Å². The van der Waals surface area contributed by atoms with Crippen molar-refractivity contribution in [1.82, 2.24) is 9.80 Å². The van der Waals surface area contributed by atoms with E-state index < -0.39 is 24.5 Å². The van der Waals surface area contributed by atoms with Gasteiger partial charge < -0.3 is 9.80 Å². The molecule has 0 N–H and O–H groups in total. The van der Waals surface area contributed by atoms with E-state index in [1.54, 1.807) is 36.1 Å². The van der Waals surface area contributed by atoms with Crippen LogP contribution in [0.1, 0.15) is 19.8 Å². The van der Waals surface area contributed by atoms with Gasteiger partial charge in [-0.05, 0) is 19.1 Å². The highest BCUT2D eigenvalue weighted by Crippen LogP contribution is 2.22. The van der Waals surface area contributed by atoms with Gasteiger partial charge in [-0.1, -0.05) is 18.2 Å². The molecule has 1 unspecified atom stereocenters. The number of rotatable bonds is 6. The molecule has 0 spiro atoms. The number of piperazine rings is 1. The van der Waals surface area contributed by atoms with Crippen LogP contribution in [0.4, 0.5) is 18.9 Å². The number of nitrogens with zero attached hydrogens (tertiary/aromatic N) is 4. The molecule has 0 radical (unpaired) electrons. The van der Waals surface area contributed by atoms with Crippen LogP contribution in [0.3, 0.4) is 0 Å². The average Bonchev–Trinajstić information content (AvgIpc) is 2.67. The van der Waals surface area contributed by atoms with Gasteiger partial charge in [0, 0.05) is 38.4 Å². The van der Waals surface area contributed by atoms with Gasteiger partial charge in [0.2, 0.25) is 11.8 Å². The Kier molecular flexibility index (Phi) is 7.40. The summed E-state index contributed by atoms with van der Waals surface area (Å²) in [6, 6.07) is 10.5. The van der Waals surface area contributed by atoms with Crippen LogP contribution < -0.4 is 4.90 Å². The smallest absolute Gasteiger partial charge is 0.340 e. The summed E-state index contributed by atoms with van der Waals surface area (Å²) in [5.74, 6) is -1.12. The monoisotopic (exact) mass is 396 g/mol. The molecule has 9 heteroatoms. The molecule has 1 fully saturated rings. The highest BCUT2D eigenvalue weighted by atomic mass is 19.4. The number of anilines is 1. The first-order chi connectivity index (χ1) is 13.2. The summed E-state index contributed by atoms with van der Waals surface area (Å²) >= 11 is 0. The van der Waals surface area contributed by atoms with Crippen molar-refractivity contribution in [2.45, 2.75) is 32.0 Å². The van der Waals surface area contributed by atoms with E-state index in [9.17, 15) is 22.8 Å². The Balaban J connectivity index is 1.99. The molecule has 1 aliphatic rings. The predicted octanol–water partition coefficient (Wildman–Crippen LogP) is 2.42. The minimum atomic E-state index is -4.52. The van der Waals surface area contributed by atoms with Gasteiger partial charge in [-0.25, -0.2) is 0 Å². The van der Waals surface area contributed by atoms with Gasteiger partial charge >= 0.3 is 6.18 Å². The van der Waals surface area contributed by atoms with Crippen molar-refractivity contribution < 1.29 is 22.8 Å². The molecule has 28 heavy (non-hydrogen) atoms. The van der Waals surface area contributed by atoms with Gasteiger partial charge in [0.15, 0.2) is 0 Å². The maximum Gasteiger partial charge on any atom is 0.397 e. The summed E-state index contributed by atoms with van der Waals surface area (Å²) < 4.78 is 37.2.